The second-order valence-corrected chi connectivity index (χ2v) is 6.15. The van der Waals surface area contributed by atoms with E-state index in [-0.39, 0.29) is 10.1 Å². The predicted molar refractivity (Wildman–Crippen MR) is 75.4 cm³/mol. The number of hydrogen-bond donors (Lipinski definition) is 0. The third kappa shape index (κ3) is 4.40. The SMILES string of the molecule is Cc1ccc(C(=O)/C=C/Sc2nnc(C(F)(F)F)s2)cc1. The third-order valence-electron chi connectivity index (χ3n) is 2.37. The van der Waals surface area contributed by atoms with Gasteiger partial charge in [-0.15, -0.1) is 10.2 Å². The third-order valence-corrected chi connectivity index (χ3v) is 4.23. The van der Waals surface area contributed by atoms with Gasteiger partial charge in [-0.2, -0.15) is 13.2 Å². The lowest BCUT2D eigenvalue weighted by molar-refractivity contribution is -0.138. The fraction of sp³-hybridized carbons (Fsp3) is 0.154. The zero-order valence-corrected chi connectivity index (χ0v) is 12.4. The topological polar surface area (TPSA) is 42.9 Å². The smallest absolute Gasteiger partial charge is 0.289 e. The molecule has 2 aromatic rings. The van der Waals surface area contributed by atoms with Crippen molar-refractivity contribution < 1.29 is 18.0 Å². The van der Waals surface area contributed by atoms with E-state index in [2.05, 4.69) is 10.2 Å². The first-order valence-corrected chi connectivity index (χ1v) is 7.41. The molecule has 0 N–H and O–H groups in total. The van der Waals surface area contributed by atoms with E-state index in [1.54, 1.807) is 12.1 Å². The van der Waals surface area contributed by atoms with Crippen LogP contribution in [-0.4, -0.2) is 16.0 Å². The van der Waals surface area contributed by atoms with E-state index in [0.29, 0.717) is 16.9 Å². The zero-order chi connectivity index (χ0) is 15.5. The average molecular weight is 330 g/mol. The van der Waals surface area contributed by atoms with Gasteiger partial charge in [0.05, 0.1) is 0 Å². The number of alkyl halides is 3. The molecule has 0 aliphatic carbocycles. The van der Waals surface area contributed by atoms with Crippen molar-refractivity contribution in [2.24, 2.45) is 0 Å². The Kier molecular flexibility index (Phi) is 4.79. The highest BCUT2D eigenvalue weighted by atomic mass is 32.2. The normalized spacial score (nSPS) is 12.0. The van der Waals surface area contributed by atoms with E-state index < -0.39 is 11.2 Å². The monoisotopic (exact) mass is 330 g/mol. The van der Waals surface area contributed by atoms with Crippen LogP contribution in [-0.2, 0) is 6.18 Å². The first-order valence-electron chi connectivity index (χ1n) is 5.71. The molecule has 8 heteroatoms. The van der Waals surface area contributed by atoms with Gasteiger partial charge in [0.25, 0.3) is 0 Å². The number of aromatic nitrogens is 2. The second kappa shape index (κ2) is 6.40. The van der Waals surface area contributed by atoms with E-state index >= 15 is 0 Å². The second-order valence-electron chi connectivity index (χ2n) is 4.02. The highest BCUT2D eigenvalue weighted by molar-refractivity contribution is 8.03. The Bertz CT molecular complexity index is 663. The molecule has 3 nitrogen and oxygen atoms in total. The van der Waals surface area contributed by atoms with Crippen LogP contribution in [0.1, 0.15) is 20.9 Å². The van der Waals surface area contributed by atoms with Crippen molar-refractivity contribution in [2.45, 2.75) is 17.4 Å². The minimum absolute atomic E-state index is 0.135. The van der Waals surface area contributed by atoms with E-state index in [0.717, 1.165) is 17.3 Å². The molecule has 2 rings (SSSR count). The van der Waals surface area contributed by atoms with Gasteiger partial charge in [0.1, 0.15) is 0 Å². The van der Waals surface area contributed by atoms with Gasteiger partial charge in [0.2, 0.25) is 5.01 Å². The standard InChI is InChI=1S/C13H9F3N2OS2/c1-8-2-4-9(5-3-8)10(19)6-7-20-12-18-17-11(21-12)13(14,15)16/h2-7H,1H3/b7-6+. The summed E-state index contributed by atoms with van der Waals surface area (Å²) >= 11 is 1.37. The Morgan fingerprint density at radius 2 is 1.90 bits per heavy atom. The summed E-state index contributed by atoms with van der Waals surface area (Å²) in [5.41, 5.74) is 1.56. The van der Waals surface area contributed by atoms with Gasteiger partial charge in [-0.3, -0.25) is 4.79 Å². The quantitative estimate of drug-likeness (QED) is 0.475. The number of halogens is 3. The summed E-state index contributed by atoms with van der Waals surface area (Å²) in [4.78, 5) is 11.8. The first-order chi connectivity index (χ1) is 9.86. The number of carbonyl (C=O) groups is 1. The van der Waals surface area contributed by atoms with Gasteiger partial charge in [-0.25, -0.2) is 0 Å². The molecule has 0 radical (unpaired) electrons. The van der Waals surface area contributed by atoms with Gasteiger partial charge < -0.3 is 0 Å². The molecule has 0 aliphatic rings. The number of aryl methyl sites for hydroxylation is 1. The summed E-state index contributed by atoms with van der Waals surface area (Å²) in [6, 6.07) is 7.02. The van der Waals surface area contributed by atoms with Crippen LogP contribution in [0.3, 0.4) is 0 Å². The van der Waals surface area contributed by atoms with Crippen LogP contribution in [0.25, 0.3) is 0 Å². The van der Waals surface area contributed by atoms with Crippen molar-refractivity contribution in [1.29, 1.82) is 0 Å². The largest absolute Gasteiger partial charge is 0.445 e. The molecular weight excluding hydrogens is 321 g/mol. The average Bonchev–Trinajstić information content (AvgIpc) is 2.88. The molecule has 0 atom stereocenters. The van der Waals surface area contributed by atoms with Crippen LogP contribution in [0, 0.1) is 6.92 Å². The minimum atomic E-state index is -4.49. The lowest BCUT2D eigenvalue weighted by Crippen LogP contribution is -2.03. The van der Waals surface area contributed by atoms with Crippen LogP contribution >= 0.6 is 23.1 Å². The van der Waals surface area contributed by atoms with Gasteiger partial charge in [-0.1, -0.05) is 52.9 Å². The Balaban J connectivity index is 1.97. The van der Waals surface area contributed by atoms with Crippen molar-refractivity contribution in [3.8, 4) is 0 Å². The van der Waals surface area contributed by atoms with Crippen LogP contribution in [0.5, 0.6) is 0 Å². The predicted octanol–water partition coefficient (Wildman–Crippen LogP) is 4.35. The maximum absolute atomic E-state index is 12.3. The Morgan fingerprint density at radius 3 is 2.48 bits per heavy atom. The molecular formula is C13H9F3N2OS2. The summed E-state index contributed by atoms with van der Waals surface area (Å²) in [6.07, 6.45) is -3.19. The molecule has 0 unspecified atom stereocenters. The number of thioether (sulfide) groups is 1. The summed E-state index contributed by atoms with van der Waals surface area (Å²) in [6.45, 7) is 1.91. The fourth-order valence-electron chi connectivity index (χ4n) is 1.34. The Hall–Kier alpha value is -1.67. The summed E-state index contributed by atoms with van der Waals surface area (Å²) in [5.74, 6) is -0.219. The maximum atomic E-state index is 12.3. The highest BCUT2D eigenvalue weighted by Crippen LogP contribution is 2.34. The molecule has 1 aromatic heterocycles. The molecule has 21 heavy (non-hydrogen) atoms. The lowest BCUT2D eigenvalue weighted by Gasteiger charge is -1.97. The summed E-state index contributed by atoms with van der Waals surface area (Å²) < 4.78 is 37.1. The van der Waals surface area contributed by atoms with Crippen molar-refractivity contribution in [1.82, 2.24) is 10.2 Å². The number of nitrogens with zero attached hydrogens (tertiary/aromatic N) is 2. The van der Waals surface area contributed by atoms with E-state index in [1.165, 1.54) is 11.5 Å². The van der Waals surface area contributed by atoms with Crippen LogP contribution in [0.15, 0.2) is 40.1 Å². The number of allylic oxidation sites excluding steroid dienone is 1. The molecule has 0 saturated heterocycles. The lowest BCUT2D eigenvalue weighted by atomic mass is 10.1. The summed E-state index contributed by atoms with van der Waals surface area (Å²) in [5, 5.41) is 6.88. The number of rotatable bonds is 4. The molecule has 0 aliphatic heterocycles. The van der Waals surface area contributed by atoms with E-state index in [4.69, 9.17) is 0 Å². The Morgan fingerprint density at radius 1 is 1.24 bits per heavy atom. The Labute approximate surface area is 126 Å². The molecule has 1 heterocycles. The van der Waals surface area contributed by atoms with Gasteiger partial charge in [0.15, 0.2) is 10.1 Å². The van der Waals surface area contributed by atoms with Crippen molar-refractivity contribution in [3.63, 3.8) is 0 Å². The number of carbonyl (C=O) groups excluding carboxylic acids is 1. The number of ketones is 1. The summed E-state index contributed by atoms with van der Waals surface area (Å²) in [7, 11) is 0. The highest BCUT2D eigenvalue weighted by Gasteiger charge is 2.35. The molecule has 0 bridgehead atoms. The molecule has 0 amide bonds. The van der Waals surface area contributed by atoms with Gasteiger partial charge in [0, 0.05) is 5.56 Å². The van der Waals surface area contributed by atoms with Crippen molar-refractivity contribution in [2.75, 3.05) is 0 Å². The fourth-order valence-corrected chi connectivity index (χ4v) is 2.78. The molecule has 1 aromatic carbocycles. The number of benzene rings is 1. The van der Waals surface area contributed by atoms with Crippen molar-refractivity contribution in [3.05, 3.63) is 51.9 Å². The minimum Gasteiger partial charge on any atom is -0.289 e. The molecule has 110 valence electrons. The zero-order valence-electron chi connectivity index (χ0n) is 10.7. The van der Waals surface area contributed by atoms with Gasteiger partial charge in [-0.05, 0) is 18.4 Å². The van der Waals surface area contributed by atoms with Crippen LogP contribution in [0.2, 0.25) is 0 Å². The maximum Gasteiger partial charge on any atom is 0.445 e. The number of hydrogen-bond acceptors (Lipinski definition) is 5. The van der Waals surface area contributed by atoms with E-state index in [1.807, 2.05) is 19.1 Å². The van der Waals surface area contributed by atoms with Crippen molar-refractivity contribution >= 4 is 28.9 Å². The molecule has 0 fully saturated rings. The first kappa shape index (κ1) is 15.7. The van der Waals surface area contributed by atoms with Gasteiger partial charge >= 0.3 is 6.18 Å². The van der Waals surface area contributed by atoms with Crippen LogP contribution in [0.4, 0.5) is 13.2 Å². The molecule has 0 spiro atoms. The van der Waals surface area contributed by atoms with Crippen LogP contribution < -0.4 is 0 Å². The van der Waals surface area contributed by atoms with E-state index in [9.17, 15) is 18.0 Å². The molecule has 0 saturated carbocycles.